The van der Waals surface area contributed by atoms with Gasteiger partial charge in [0.1, 0.15) is 5.75 Å². The van der Waals surface area contributed by atoms with Crippen LogP contribution in [0.4, 0.5) is 4.39 Å². The second-order valence-corrected chi connectivity index (χ2v) is 8.10. The normalized spacial score (nSPS) is 18.9. The summed E-state index contributed by atoms with van der Waals surface area (Å²) < 4.78 is 31.6. The average Bonchev–Trinajstić information content (AvgIpc) is 2.93. The quantitative estimate of drug-likeness (QED) is 0.795. The van der Waals surface area contributed by atoms with Crippen molar-refractivity contribution in [1.29, 1.82) is 0 Å². The lowest BCUT2D eigenvalue weighted by molar-refractivity contribution is 0.00578. The molecule has 1 aromatic carbocycles. The highest BCUT2D eigenvalue weighted by atomic mass is 32.1. The molecule has 3 rings (SSSR count). The van der Waals surface area contributed by atoms with Crippen molar-refractivity contribution in [1.82, 2.24) is 4.98 Å². The first-order valence-electron chi connectivity index (χ1n) is 7.81. The number of methoxy groups -OCH3 is 1. The lowest BCUT2D eigenvalue weighted by Crippen LogP contribution is -2.41. The van der Waals surface area contributed by atoms with Gasteiger partial charge in [-0.25, -0.2) is 4.98 Å². The minimum atomic E-state index is -0.521. The molecule has 24 heavy (non-hydrogen) atoms. The van der Waals surface area contributed by atoms with Crippen molar-refractivity contribution in [2.24, 2.45) is 0 Å². The van der Waals surface area contributed by atoms with E-state index in [-0.39, 0.29) is 0 Å². The van der Waals surface area contributed by atoms with Crippen LogP contribution in [0.3, 0.4) is 0 Å². The molecule has 1 aromatic heterocycles. The maximum absolute atomic E-state index is 13.9. The van der Waals surface area contributed by atoms with E-state index in [0.717, 1.165) is 11.0 Å². The van der Waals surface area contributed by atoms with E-state index in [2.05, 4.69) is 4.98 Å². The van der Waals surface area contributed by atoms with E-state index in [1.165, 1.54) is 11.3 Å². The van der Waals surface area contributed by atoms with Crippen LogP contribution in [0.2, 0.25) is 0 Å². The Morgan fingerprint density at radius 2 is 1.79 bits per heavy atom. The van der Waals surface area contributed by atoms with E-state index in [1.807, 2.05) is 39.8 Å². The lowest BCUT2D eigenvalue weighted by Gasteiger charge is -2.32. The van der Waals surface area contributed by atoms with E-state index in [9.17, 15) is 4.39 Å². The largest absolute Gasteiger partial charge is 0.498 e. The van der Waals surface area contributed by atoms with Crippen LogP contribution < -0.4 is 10.2 Å². The molecule has 0 atom stereocenters. The molecule has 4 nitrogen and oxygen atoms in total. The Kier molecular flexibility index (Phi) is 4.22. The summed E-state index contributed by atoms with van der Waals surface area (Å²) in [7, 11) is 1.06. The highest BCUT2D eigenvalue weighted by Crippen LogP contribution is 2.38. The fourth-order valence-corrected chi connectivity index (χ4v) is 3.39. The predicted molar refractivity (Wildman–Crippen MR) is 94.5 cm³/mol. The fourth-order valence-electron chi connectivity index (χ4n) is 2.60. The maximum Gasteiger partial charge on any atom is 0.498 e. The van der Waals surface area contributed by atoms with Crippen LogP contribution in [-0.2, 0) is 9.31 Å². The summed E-state index contributed by atoms with van der Waals surface area (Å²) >= 11 is 1.32. The van der Waals surface area contributed by atoms with Gasteiger partial charge in [0.05, 0.1) is 28.2 Å². The molecule has 7 heteroatoms. The molecule has 0 saturated carbocycles. The van der Waals surface area contributed by atoms with Gasteiger partial charge in [-0.15, -0.1) is 11.3 Å². The van der Waals surface area contributed by atoms with Crippen molar-refractivity contribution in [3.63, 3.8) is 0 Å². The molecule has 0 aliphatic carbocycles. The van der Waals surface area contributed by atoms with Gasteiger partial charge in [-0.05, 0) is 46.2 Å². The number of hydrogen-bond donors (Lipinski definition) is 0. The predicted octanol–water partition coefficient (Wildman–Crippen LogP) is 3.57. The average molecular weight is 349 g/mol. The zero-order valence-corrected chi connectivity index (χ0v) is 15.6. The van der Waals surface area contributed by atoms with Crippen molar-refractivity contribution in [2.75, 3.05) is 7.11 Å². The lowest BCUT2D eigenvalue weighted by atomic mass is 9.78. The van der Waals surface area contributed by atoms with Crippen LogP contribution in [0, 0.1) is 12.9 Å². The first-order valence-corrected chi connectivity index (χ1v) is 8.63. The minimum absolute atomic E-state index is 0.428. The van der Waals surface area contributed by atoms with Crippen LogP contribution in [0.1, 0.15) is 32.7 Å². The van der Waals surface area contributed by atoms with E-state index >= 15 is 0 Å². The van der Waals surface area contributed by atoms with Gasteiger partial charge in [0.2, 0.25) is 5.95 Å². The topological polar surface area (TPSA) is 40.6 Å². The number of halogens is 1. The van der Waals surface area contributed by atoms with Gasteiger partial charge in [0.25, 0.3) is 0 Å². The van der Waals surface area contributed by atoms with E-state index < -0.39 is 24.3 Å². The maximum atomic E-state index is 13.9. The number of nitrogens with zero attached hydrogens (tertiary/aromatic N) is 1. The molecule has 1 aliphatic rings. The Bertz CT molecular complexity index is 759. The van der Waals surface area contributed by atoms with Crippen molar-refractivity contribution < 1.29 is 18.4 Å². The summed E-state index contributed by atoms with van der Waals surface area (Å²) in [6.07, 6.45) is 0. The summed E-state index contributed by atoms with van der Waals surface area (Å²) in [6.45, 7) is 9.80. The molecule has 0 amide bonds. The van der Waals surface area contributed by atoms with Gasteiger partial charge in [-0.3, -0.25) is 0 Å². The molecule has 0 radical (unpaired) electrons. The molecule has 1 aliphatic heterocycles. The van der Waals surface area contributed by atoms with Crippen LogP contribution in [-0.4, -0.2) is 30.4 Å². The van der Waals surface area contributed by atoms with Crippen LogP contribution in [0.5, 0.6) is 5.75 Å². The molecular formula is C17H21BFNO3S. The number of hydrogen-bond acceptors (Lipinski definition) is 5. The van der Waals surface area contributed by atoms with E-state index in [0.29, 0.717) is 15.6 Å². The Morgan fingerprint density at radius 3 is 2.29 bits per heavy atom. The van der Waals surface area contributed by atoms with Crippen molar-refractivity contribution >= 4 is 23.9 Å². The number of rotatable bonds is 3. The van der Waals surface area contributed by atoms with Gasteiger partial charge in [-0.1, -0.05) is 12.1 Å². The molecule has 0 N–H and O–H groups in total. The van der Waals surface area contributed by atoms with Crippen molar-refractivity contribution in [3.05, 3.63) is 29.2 Å². The molecular weight excluding hydrogens is 328 g/mol. The first kappa shape index (κ1) is 17.4. The molecule has 0 bridgehead atoms. The fraction of sp³-hybridized carbons (Fsp3) is 0.471. The second kappa shape index (κ2) is 5.83. The first-order chi connectivity index (χ1) is 11.1. The van der Waals surface area contributed by atoms with Gasteiger partial charge in [-0.2, -0.15) is 4.39 Å². The zero-order valence-electron chi connectivity index (χ0n) is 14.8. The summed E-state index contributed by atoms with van der Waals surface area (Å²) in [5.74, 6) is 0.152. The molecule has 0 spiro atoms. The smallest absolute Gasteiger partial charge is 0.497 e. The Hall–Kier alpha value is -1.44. The van der Waals surface area contributed by atoms with E-state index in [4.69, 9.17) is 14.0 Å². The molecule has 1 saturated heterocycles. The van der Waals surface area contributed by atoms with Crippen LogP contribution >= 0.6 is 11.3 Å². The summed E-state index contributed by atoms with van der Waals surface area (Å²) in [4.78, 5) is 4.35. The molecule has 1 fully saturated rings. The standard InChI is InChI=1S/C17H21BFNO3S/c1-10-20-15(19)14(24-10)11-7-8-12(13(9-11)21-6)18-22-16(2,3)17(4,5)23-18/h7-9H,1-6H3. The third kappa shape index (κ3) is 2.85. The molecule has 128 valence electrons. The number of aryl methyl sites for hydroxylation is 1. The van der Waals surface area contributed by atoms with Crippen molar-refractivity contribution in [2.45, 2.75) is 45.8 Å². The molecule has 0 unspecified atom stereocenters. The highest BCUT2D eigenvalue weighted by molar-refractivity contribution is 7.15. The number of thiazole rings is 1. The summed E-state index contributed by atoms with van der Waals surface area (Å²) in [5.41, 5.74) is 0.668. The third-order valence-electron chi connectivity index (χ3n) is 4.70. The number of ether oxygens (including phenoxy) is 1. The highest BCUT2D eigenvalue weighted by Gasteiger charge is 2.52. The molecule has 2 aromatic rings. The molecule has 2 heterocycles. The second-order valence-electron chi connectivity index (χ2n) is 6.90. The summed E-state index contributed by atoms with van der Waals surface area (Å²) in [6, 6.07) is 5.51. The van der Waals surface area contributed by atoms with Gasteiger partial charge in [0, 0.05) is 5.46 Å². The van der Waals surface area contributed by atoms with Gasteiger partial charge in [0.15, 0.2) is 0 Å². The van der Waals surface area contributed by atoms with Crippen LogP contribution in [0.15, 0.2) is 18.2 Å². The monoisotopic (exact) mass is 349 g/mol. The Labute approximate surface area is 146 Å². The Balaban J connectivity index is 1.98. The number of aromatic nitrogens is 1. The van der Waals surface area contributed by atoms with Crippen LogP contribution in [0.25, 0.3) is 10.4 Å². The van der Waals surface area contributed by atoms with Gasteiger partial charge < -0.3 is 14.0 Å². The van der Waals surface area contributed by atoms with E-state index in [1.54, 1.807) is 20.1 Å². The zero-order chi connectivity index (χ0) is 17.7. The Morgan fingerprint density at radius 1 is 1.17 bits per heavy atom. The minimum Gasteiger partial charge on any atom is -0.497 e. The number of benzene rings is 1. The SMILES string of the molecule is COc1cc(-c2sc(C)nc2F)ccc1B1OC(C)(C)C(C)(C)O1. The third-order valence-corrected chi connectivity index (χ3v) is 5.69. The van der Waals surface area contributed by atoms with Gasteiger partial charge >= 0.3 is 7.12 Å². The summed E-state index contributed by atoms with van der Waals surface area (Å²) in [5, 5.41) is 0.691. The van der Waals surface area contributed by atoms with Crippen molar-refractivity contribution in [3.8, 4) is 16.2 Å².